The van der Waals surface area contributed by atoms with E-state index in [1.54, 1.807) is 16.2 Å². The lowest BCUT2D eigenvalue weighted by Gasteiger charge is -2.31. The molecule has 1 saturated carbocycles. The Hall–Kier alpha value is -1.43. The number of hydrogen-bond donors (Lipinski definition) is 1. The molecule has 3 rings (SSSR count). The summed E-state index contributed by atoms with van der Waals surface area (Å²) in [7, 11) is 0. The van der Waals surface area contributed by atoms with E-state index in [0.717, 1.165) is 22.7 Å². The Morgan fingerprint density at radius 1 is 1.50 bits per heavy atom. The Kier molecular flexibility index (Phi) is 3.28. The van der Waals surface area contributed by atoms with E-state index in [4.69, 9.17) is 0 Å². The number of carbonyl (C=O) groups is 2. The maximum absolute atomic E-state index is 12.8. The molecule has 1 unspecified atom stereocenters. The lowest BCUT2D eigenvalue weighted by molar-refractivity contribution is -0.139. The predicted octanol–water partition coefficient (Wildman–Crippen LogP) is 1.47. The molecule has 108 valence electrons. The van der Waals surface area contributed by atoms with Gasteiger partial charge in [-0.15, -0.1) is 11.3 Å². The van der Waals surface area contributed by atoms with Gasteiger partial charge in [-0.05, 0) is 32.6 Å². The molecule has 0 spiro atoms. The fourth-order valence-electron chi connectivity index (χ4n) is 2.80. The second kappa shape index (κ2) is 4.84. The van der Waals surface area contributed by atoms with Crippen molar-refractivity contribution in [2.45, 2.75) is 45.2 Å². The van der Waals surface area contributed by atoms with Crippen LogP contribution in [0.4, 0.5) is 0 Å². The highest BCUT2D eigenvalue weighted by Crippen LogP contribution is 2.41. The van der Waals surface area contributed by atoms with Crippen LogP contribution in [0.1, 0.15) is 36.1 Å². The minimum Gasteiger partial charge on any atom is -0.342 e. The summed E-state index contributed by atoms with van der Waals surface area (Å²) in [4.78, 5) is 31.9. The minimum atomic E-state index is -0.722. The highest BCUT2D eigenvalue weighted by atomic mass is 32.1. The largest absolute Gasteiger partial charge is 0.342 e. The first-order valence-electron chi connectivity index (χ1n) is 7.01. The molecule has 0 bridgehead atoms. The van der Waals surface area contributed by atoms with Crippen molar-refractivity contribution in [1.29, 1.82) is 0 Å². The quantitative estimate of drug-likeness (QED) is 0.918. The predicted molar refractivity (Wildman–Crippen MR) is 76.2 cm³/mol. The zero-order chi connectivity index (χ0) is 14.3. The number of aromatic nitrogens is 1. The number of nitrogens with zero attached hydrogens (tertiary/aromatic N) is 2. The van der Waals surface area contributed by atoms with Crippen LogP contribution in [-0.4, -0.2) is 33.8 Å². The Labute approximate surface area is 122 Å². The van der Waals surface area contributed by atoms with Gasteiger partial charge in [-0.2, -0.15) is 0 Å². The first-order valence-corrected chi connectivity index (χ1v) is 7.82. The highest BCUT2D eigenvalue weighted by molar-refractivity contribution is 7.11. The molecule has 1 aromatic rings. The zero-order valence-electron chi connectivity index (χ0n) is 11.8. The number of hydrogen-bond acceptors (Lipinski definition) is 4. The molecule has 2 amide bonds. The molecule has 1 aromatic heterocycles. The number of aryl methyl sites for hydroxylation is 1. The van der Waals surface area contributed by atoms with E-state index >= 15 is 0 Å². The van der Waals surface area contributed by atoms with Gasteiger partial charge in [-0.1, -0.05) is 0 Å². The van der Waals surface area contributed by atoms with E-state index < -0.39 is 5.54 Å². The zero-order valence-corrected chi connectivity index (χ0v) is 12.6. The van der Waals surface area contributed by atoms with E-state index in [0.29, 0.717) is 19.5 Å². The van der Waals surface area contributed by atoms with Gasteiger partial charge in [0.05, 0.1) is 6.54 Å². The third kappa shape index (κ3) is 2.44. The molecule has 5 nitrogen and oxygen atoms in total. The third-order valence-electron chi connectivity index (χ3n) is 4.13. The number of thiazole rings is 1. The van der Waals surface area contributed by atoms with Crippen molar-refractivity contribution in [1.82, 2.24) is 15.2 Å². The minimum absolute atomic E-state index is 0.0226. The second-order valence-electron chi connectivity index (χ2n) is 5.87. The smallest absolute Gasteiger partial charge is 0.248 e. The second-order valence-corrected chi connectivity index (χ2v) is 7.19. The van der Waals surface area contributed by atoms with Crippen LogP contribution in [0.25, 0.3) is 0 Å². The average molecular weight is 293 g/mol. The molecule has 0 aromatic carbocycles. The summed E-state index contributed by atoms with van der Waals surface area (Å²) >= 11 is 1.60. The van der Waals surface area contributed by atoms with Crippen LogP contribution in [-0.2, 0) is 16.1 Å². The van der Waals surface area contributed by atoms with Crippen molar-refractivity contribution in [3.05, 3.63) is 16.1 Å². The SMILES string of the molecule is Cc1cnc(CN2CCC(=O)NC(C)(C3CC3)C2=O)s1. The number of carbonyl (C=O) groups excluding carboxylic acids is 2. The summed E-state index contributed by atoms with van der Waals surface area (Å²) in [6, 6.07) is 0. The first-order chi connectivity index (χ1) is 9.49. The Bertz CT molecular complexity index is 552. The molecule has 1 atom stereocenters. The van der Waals surface area contributed by atoms with Gasteiger partial charge in [0.15, 0.2) is 0 Å². The normalized spacial score (nSPS) is 27.4. The Balaban J connectivity index is 1.82. The van der Waals surface area contributed by atoms with Crippen LogP contribution in [0.15, 0.2) is 6.20 Å². The average Bonchev–Trinajstić information content (AvgIpc) is 3.18. The van der Waals surface area contributed by atoms with Crippen LogP contribution < -0.4 is 5.32 Å². The summed E-state index contributed by atoms with van der Waals surface area (Å²) in [6.07, 6.45) is 4.24. The molecule has 20 heavy (non-hydrogen) atoms. The highest BCUT2D eigenvalue weighted by Gasteiger charge is 2.51. The van der Waals surface area contributed by atoms with E-state index in [-0.39, 0.29) is 17.7 Å². The van der Waals surface area contributed by atoms with Crippen LogP contribution in [0.5, 0.6) is 0 Å². The van der Waals surface area contributed by atoms with Crippen LogP contribution >= 0.6 is 11.3 Å². The van der Waals surface area contributed by atoms with E-state index in [2.05, 4.69) is 10.3 Å². The van der Waals surface area contributed by atoms with Gasteiger partial charge in [0.2, 0.25) is 11.8 Å². The monoisotopic (exact) mass is 293 g/mol. The van der Waals surface area contributed by atoms with Gasteiger partial charge in [0, 0.05) is 24.0 Å². The van der Waals surface area contributed by atoms with E-state index in [9.17, 15) is 9.59 Å². The van der Waals surface area contributed by atoms with Crippen molar-refractivity contribution in [2.75, 3.05) is 6.54 Å². The van der Waals surface area contributed by atoms with Crippen molar-refractivity contribution in [3.8, 4) is 0 Å². The molecule has 2 heterocycles. The van der Waals surface area contributed by atoms with Gasteiger partial charge in [-0.3, -0.25) is 9.59 Å². The Morgan fingerprint density at radius 2 is 2.25 bits per heavy atom. The molecular weight excluding hydrogens is 274 g/mol. The summed E-state index contributed by atoms with van der Waals surface area (Å²) in [5, 5.41) is 3.87. The van der Waals surface area contributed by atoms with Crippen molar-refractivity contribution < 1.29 is 9.59 Å². The van der Waals surface area contributed by atoms with Gasteiger partial charge < -0.3 is 10.2 Å². The maximum Gasteiger partial charge on any atom is 0.248 e. The van der Waals surface area contributed by atoms with Gasteiger partial charge >= 0.3 is 0 Å². The van der Waals surface area contributed by atoms with E-state index in [1.807, 2.05) is 20.0 Å². The standard InChI is InChI=1S/C14H19N3O2S/c1-9-7-15-12(20-9)8-17-6-5-11(18)16-14(2,13(17)19)10-3-4-10/h7,10H,3-6,8H2,1-2H3,(H,16,18). The fourth-order valence-corrected chi connectivity index (χ4v) is 3.60. The molecule has 1 saturated heterocycles. The lowest BCUT2D eigenvalue weighted by Crippen LogP contribution is -2.56. The molecule has 0 radical (unpaired) electrons. The van der Waals surface area contributed by atoms with Crippen molar-refractivity contribution in [3.63, 3.8) is 0 Å². The molecule has 1 aliphatic carbocycles. The molecule has 1 N–H and O–H groups in total. The number of nitrogens with one attached hydrogen (secondary N) is 1. The number of amides is 2. The molecule has 1 aliphatic heterocycles. The molecule has 6 heteroatoms. The summed E-state index contributed by atoms with van der Waals surface area (Å²) < 4.78 is 0. The molecule has 2 fully saturated rings. The fraction of sp³-hybridized carbons (Fsp3) is 0.643. The van der Waals surface area contributed by atoms with Crippen molar-refractivity contribution in [2.24, 2.45) is 5.92 Å². The van der Waals surface area contributed by atoms with Crippen LogP contribution in [0.3, 0.4) is 0 Å². The molecule has 2 aliphatic rings. The summed E-state index contributed by atoms with van der Waals surface area (Å²) in [5.74, 6) is 0.307. The Morgan fingerprint density at radius 3 is 2.85 bits per heavy atom. The summed E-state index contributed by atoms with van der Waals surface area (Å²) in [5.41, 5.74) is -0.722. The van der Waals surface area contributed by atoms with Crippen LogP contribution in [0.2, 0.25) is 0 Å². The third-order valence-corrected chi connectivity index (χ3v) is 5.03. The van der Waals surface area contributed by atoms with Gasteiger partial charge in [0.25, 0.3) is 0 Å². The van der Waals surface area contributed by atoms with Crippen LogP contribution in [0, 0.1) is 12.8 Å². The molecular formula is C14H19N3O2S. The van der Waals surface area contributed by atoms with Crippen molar-refractivity contribution >= 4 is 23.2 Å². The maximum atomic E-state index is 12.8. The number of rotatable bonds is 3. The lowest BCUT2D eigenvalue weighted by atomic mass is 9.94. The van der Waals surface area contributed by atoms with Gasteiger partial charge in [0.1, 0.15) is 10.5 Å². The first kappa shape index (κ1) is 13.5. The van der Waals surface area contributed by atoms with E-state index in [1.165, 1.54) is 0 Å². The summed E-state index contributed by atoms with van der Waals surface area (Å²) in [6.45, 7) is 4.86. The van der Waals surface area contributed by atoms with Gasteiger partial charge in [-0.25, -0.2) is 4.98 Å². The topological polar surface area (TPSA) is 62.3 Å².